The van der Waals surface area contributed by atoms with Gasteiger partial charge in [-0.1, -0.05) is 62.9 Å². The van der Waals surface area contributed by atoms with Gasteiger partial charge in [-0.15, -0.1) is 10.2 Å². The summed E-state index contributed by atoms with van der Waals surface area (Å²) >= 11 is 1.40. The molecule has 0 aliphatic heterocycles. The van der Waals surface area contributed by atoms with Gasteiger partial charge in [0, 0.05) is 11.1 Å². The van der Waals surface area contributed by atoms with Crippen molar-refractivity contribution in [1.82, 2.24) is 20.2 Å². The van der Waals surface area contributed by atoms with Crippen LogP contribution in [0.5, 0.6) is 0 Å². The van der Waals surface area contributed by atoms with Crippen molar-refractivity contribution in [3.63, 3.8) is 0 Å². The number of benzene rings is 1. The molecule has 4 rings (SSSR count). The summed E-state index contributed by atoms with van der Waals surface area (Å²) in [4.78, 5) is 12.4. The summed E-state index contributed by atoms with van der Waals surface area (Å²) in [7, 11) is 0. The number of nitrogens with zero attached hydrogens (tertiary/aromatic N) is 4. The topological polar surface area (TPSA) is 72.2 Å². The van der Waals surface area contributed by atoms with Gasteiger partial charge in [0.2, 0.25) is 0 Å². The first-order valence-electron chi connectivity index (χ1n) is 10.2. The van der Waals surface area contributed by atoms with Crippen LogP contribution in [0.25, 0.3) is 0 Å². The largest absolute Gasteiger partial charge is 0.302 e. The molecule has 7 heteroatoms. The molecular formula is C22H29N5OS. The molecule has 2 aliphatic carbocycles. The number of hydrazone groups is 1. The van der Waals surface area contributed by atoms with Gasteiger partial charge in [0.15, 0.2) is 5.16 Å². The predicted molar refractivity (Wildman–Crippen MR) is 116 cm³/mol. The number of aromatic nitrogens is 3. The van der Waals surface area contributed by atoms with E-state index in [0.29, 0.717) is 12.5 Å². The highest BCUT2D eigenvalue weighted by molar-refractivity contribution is 7.99. The third-order valence-corrected chi connectivity index (χ3v) is 8.21. The molecular weight excluding hydrogens is 382 g/mol. The Morgan fingerprint density at radius 1 is 1.28 bits per heavy atom. The van der Waals surface area contributed by atoms with E-state index in [1.807, 2.05) is 29.7 Å². The number of rotatable bonds is 6. The highest BCUT2D eigenvalue weighted by Crippen LogP contribution is 2.63. The van der Waals surface area contributed by atoms with Crippen molar-refractivity contribution in [3.8, 4) is 0 Å². The number of hydrogen-bond donors (Lipinski definition) is 1. The van der Waals surface area contributed by atoms with Crippen LogP contribution in [0.1, 0.15) is 51.4 Å². The fraction of sp³-hybridized carbons (Fsp3) is 0.545. The van der Waals surface area contributed by atoms with Crippen LogP contribution in [0.3, 0.4) is 0 Å². The second kappa shape index (κ2) is 7.59. The smallest absolute Gasteiger partial charge is 0.250 e. The first-order chi connectivity index (χ1) is 13.8. The fourth-order valence-corrected chi connectivity index (χ4v) is 5.58. The van der Waals surface area contributed by atoms with Crippen molar-refractivity contribution in [2.24, 2.45) is 21.8 Å². The molecule has 2 fully saturated rings. The van der Waals surface area contributed by atoms with Gasteiger partial charge in [0.25, 0.3) is 5.91 Å². The van der Waals surface area contributed by atoms with Gasteiger partial charge < -0.3 is 4.57 Å². The van der Waals surface area contributed by atoms with Gasteiger partial charge in [-0.3, -0.25) is 4.79 Å². The van der Waals surface area contributed by atoms with Crippen LogP contribution in [0, 0.1) is 23.7 Å². The van der Waals surface area contributed by atoms with E-state index in [0.717, 1.165) is 29.5 Å². The van der Waals surface area contributed by atoms with Crippen molar-refractivity contribution >= 4 is 23.4 Å². The molecule has 2 atom stereocenters. The second-order valence-electron chi connectivity index (χ2n) is 8.98. The van der Waals surface area contributed by atoms with Gasteiger partial charge in [-0.2, -0.15) is 5.10 Å². The van der Waals surface area contributed by atoms with E-state index in [-0.39, 0.29) is 22.5 Å². The minimum absolute atomic E-state index is 0.0985. The van der Waals surface area contributed by atoms with Crippen LogP contribution in [0.15, 0.2) is 40.6 Å². The molecule has 1 heterocycles. The van der Waals surface area contributed by atoms with E-state index in [1.54, 1.807) is 0 Å². The fourth-order valence-electron chi connectivity index (χ4n) is 4.81. The Morgan fingerprint density at radius 3 is 2.69 bits per heavy atom. The monoisotopic (exact) mass is 411 g/mol. The molecule has 0 saturated heterocycles. The minimum atomic E-state index is -0.0985. The Bertz CT molecular complexity index is 936. The number of nitrogens with one attached hydrogen (secondary N) is 1. The van der Waals surface area contributed by atoms with Crippen molar-refractivity contribution in [1.29, 1.82) is 0 Å². The summed E-state index contributed by atoms with van der Waals surface area (Å²) in [5.41, 5.74) is 5.49. The Morgan fingerprint density at radius 2 is 2.03 bits per heavy atom. The van der Waals surface area contributed by atoms with Crippen LogP contribution in [0.2, 0.25) is 0 Å². The molecule has 6 nitrogen and oxygen atoms in total. The summed E-state index contributed by atoms with van der Waals surface area (Å²) < 4.78 is 2.04. The maximum absolute atomic E-state index is 12.4. The average molecular weight is 412 g/mol. The van der Waals surface area contributed by atoms with Gasteiger partial charge in [0.05, 0.1) is 12.3 Å². The lowest BCUT2D eigenvalue weighted by Crippen LogP contribution is -2.34. The van der Waals surface area contributed by atoms with E-state index in [9.17, 15) is 4.79 Å². The van der Waals surface area contributed by atoms with E-state index < -0.39 is 0 Å². The summed E-state index contributed by atoms with van der Waals surface area (Å²) in [6.07, 6.45) is 3.43. The zero-order valence-electron chi connectivity index (χ0n) is 17.6. The lowest BCUT2D eigenvalue weighted by molar-refractivity contribution is -0.118. The zero-order valence-corrected chi connectivity index (χ0v) is 18.4. The highest BCUT2D eigenvalue weighted by Gasteiger charge is 2.60. The Kier molecular flexibility index (Phi) is 5.27. The van der Waals surface area contributed by atoms with E-state index in [4.69, 9.17) is 0 Å². The number of carbonyl (C=O) groups is 1. The molecule has 29 heavy (non-hydrogen) atoms. The van der Waals surface area contributed by atoms with Crippen molar-refractivity contribution in [2.75, 3.05) is 5.75 Å². The highest BCUT2D eigenvalue weighted by atomic mass is 32.2. The molecule has 1 amide bonds. The summed E-state index contributed by atoms with van der Waals surface area (Å²) in [6, 6.07) is 10.2. The molecule has 2 aromatic rings. The number of aryl methyl sites for hydroxylation is 1. The number of hydrogen-bond acceptors (Lipinski definition) is 5. The molecule has 1 aromatic carbocycles. The Hall–Kier alpha value is -2.15. The number of amides is 1. The second-order valence-corrected chi connectivity index (χ2v) is 9.92. The van der Waals surface area contributed by atoms with Gasteiger partial charge >= 0.3 is 0 Å². The average Bonchev–Trinajstić information content (AvgIpc) is 3.23. The zero-order chi connectivity index (χ0) is 20.6. The SMILES string of the molecule is Cc1nnc(SCC(=O)N/N=C2\CC3CCC2(C)C3(C)C)n1Cc1ccccc1. The molecule has 2 bridgehead atoms. The summed E-state index contributed by atoms with van der Waals surface area (Å²) in [6.45, 7) is 9.61. The minimum Gasteiger partial charge on any atom is -0.302 e. The number of thioether (sulfide) groups is 1. The third-order valence-electron chi connectivity index (χ3n) is 7.25. The summed E-state index contributed by atoms with van der Waals surface area (Å²) in [5, 5.41) is 13.7. The number of carbonyl (C=O) groups excluding carboxylic acids is 1. The lowest BCUT2D eigenvalue weighted by atomic mass is 9.70. The third kappa shape index (κ3) is 3.61. The standard InChI is InChI=1S/C22H29N5OS/c1-15-23-26-20(27(15)13-16-8-6-5-7-9-16)29-14-19(28)25-24-18-12-17-10-11-22(18,4)21(17,2)3/h5-9,17H,10-14H2,1-4H3,(H,25,28)/b24-18+. The van der Waals surface area contributed by atoms with Crippen molar-refractivity contribution < 1.29 is 4.79 Å². The van der Waals surface area contributed by atoms with Crippen LogP contribution in [-0.2, 0) is 11.3 Å². The van der Waals surface area contributed by atoms with E-state index >= 15 is 0 Å². The van der Waals surface area contributed by atoms with Crippen LogP contribution in [-0.4, -0.2) is 32.1 Å². The quantitative estimate of drug-likeness (QED) is 0.575. The van der Waals surface area contributed by atoms with Gasteiger partial charge in [-0.25, -0.2) is 5.43 Å². The number of fused-ring (bicyclic) bond motifs is 2. The Balaban J connectivity index is 1.37. The van der Waals surface area contributed by atoms with Crippen LogP contribution >= 0.6 is 11.8 Å². The maximum Gasteiger partial charge on any atom is 0.250 e. The molecule has 2 unspecified atom stereocenters. The van der Waals surface area contributed by atoms with E-state index in [2.05, 4.69) is 53.6 Å². The van der Waals surface area contributed by atoms with Gasteiger partial charge in [-0.05, 0) is 43.1 Å². The van der Waals surface area contributed by atoms with Crippen molar-refractivity contribution in [3.05, 3.63) is 41.7 Å². The molecule has 0 spiro atoms. The van der Waals surface area contributed by atoms with Crippen LogP contribution in [0.4, 0.5) is 0 Å². The van der Waals surface area contributed by atoms with Crippen LogP contribution < -0.4 is 5.43 Å². The molecule has 1 N–H and O–H groups in total. The molecule has 2 aliphatic rings. The van der Waals surface area contributed by atoms with Gasteiger partial charge in [0.1, 0.15) is 5.82 Å². The maximum atomic E-state index is 12.4. The molecule has 1 aromatic heterocycles. The molecule has 154 valence electrons. The predicted octanol–water partition coefficient (Wildman–Crippen LogP) is 4.05. The van der Waals surface area contributed by atoms with E-state index in [1.165, 1.54) is 23.7 Å². The lowest BCUT2D eigenvalue weighted by Gasteiger charge is -2.34. The normalized spacial score (nSPS) is 26.2. The molecule has 0 radical (unpaired) electrons. The molecule has 2 saturated carbocycles. The first-order valence-corrected chi connectivity index (χ1v) is 11.2. The summed E-state index contributed by atoms with van der Waals surface area (Å²) in [5.74, 6) is 1.69. The van der Waals surface area contributed by atoms with Crippen molar-refractivity contribution in [2.45, 2.75) is 58.7 Å². The first kappa shape index (κ1) is 20.1. The Labute approximate surface area is 176 Å².